The molecule has 1 aromatic carbocycles. The molecular weight excluding hydrogens is 286 g/mol. The van der Waals surface area contributed by atoms with Gasteiger partial charge in [0.25, 0.3) is 0 Å². The van der Waals surface area contributed by atoms with E-state index in [0.29, 0.717) is 0 Å². The number of ether oxygens (including phenoxy) is 1. The van der Waals surface area contributed by atoms with E-state index in [9.17, 15) is 0 Å². The first kappa shape index (κ1) is 15.9. The molecule has 0 amide bonds. The Bertz CT molecular complexity index is 602. The van der Waals surface area contributed by atoms with E-state index in [1.807, 2.05) is 30.8 Å². The SMILES string of the molecule is CNC(c1cc(C)cc(Cl)c1)c1c(OC)cnn1C(C)C. The van der Waals surface area contributed by atoms with E-state index >= 15 is 0 Å². The maximum absolute atomic E-state index is 6.21. The number of benzene rings is 1. The lowest BCUT2D eigenvalue weighted by Gasteiger charge is -2.22. The molecule has 1 N–H and O–H groups in total. The zero-order chi connectivity index (χ0) is 15.6. The number of nitrogens with one attached hydrogen (secondary N) is 1. The second-order valence-corrected chi connectivity index (χ2v) is 5.86. The summed E-state index contributed by atoms with van der Waals surface area (Å²) in [5.41, 5.74) is 3.24. The molecule has 5 heteroatoms. The van der Waals surface area contributed by atoms with Crippen LogP contribution in [0.25, 0.3) is 0 Å². The highest BCUT2D eigenvalue weighted by Gasteiger charge is 2.24. The summed E-state index contributed by atoms with van der Waals surface area (Å²) in [6, 6.07) is 6.29. The van der Waals surface area contributed by atoms with Crippen LogP contribution in [0.3, 0.4) is 0 Å². The van der Waals surface area contributed by atoms with Gasteiger partial charge in [0.05, 0.1) is 19.3 Å². The van der Waals surface area contributed by atoms with Crippen LogP contribution < -0.4 is 10.1 Å². The van der Waals surface area contributed by atoms with Crippen molar-refractivity contribution < 1.29 is 4.74 Å². The first-order valence-electron chi connectivity index (χ1n) is 7.03. The standard InChI is InChI=1S/C16H22ClN3O/c1-10(2)20-16(14(21-5)9-19-20)15(18-4)12-6-11(3)7-13(17)8-12/h6-10,15,18H,1-5H3. The minimum Gasteiger partial charge on any atom is -0.493 e. The topological polar surface area (TPSA) is 39.1 Å². The molecule has 1 unspecified atom stereocenters. The van der Waals surface area contributed by atoms with Crippen LogP contribution in [0, 0.1) is 6.92 Å². The molecule has 0 spiro atoms. The van der Waals surface area contributed by atoms with E-state index < -0.39 is 0 Å². The van der Waals surface area contributed by atoms with Crippen LogP contribution in [0.2, 0.25) is 5.02 Å². The molecule has 1 atom stereocenters. The molecule has 2 rings (SSSR count). The zero-order valence-electron chi connectivity index (χ0n) is 13.1. The Morgan fingerprint density at radius 2 is 2.00 bits per heavy atom. The third kappa shape index (κ3) is 3.22. The maximum atomic E-state index is 6.21. The molecule has 0 aliphatic rings. The molecule has 0 fully saturated rings. The van der Waals surface area contributed by atoms with E-state index in [1.165, 1.54) is 0 Å². The molecule has 1 heterocycles. The molecule has 0 radical (unpaired) electrons. The fourth-order valence-electron chi connectivity index (χ4n) is 2.59. The molecule has 0 aliphatic carbocycles. The Balaban J connectivity index is 2.57. The summed E-state index contributed by atoms with van der Waals surface area (Å²) in [5.74, 6) is 0.778. The number of nitrogens with zero attached hydrogens (tertiary/aromatic N) is 2. The fourth-order valence-corrected chi connectivity index (χ4v) is 2.89. The lowest BCUT2D eigenvalue weighted by molar-refractivity contribution is 0.396. The lowest BCUT2D eigenvalue weighted by atomic mass is 10.0. The minimum atomic E-state index is -0.0257. The van der Waals surface area contributed by atoms with Gasteiger partial charge in [-0.1, -0.05) is 17.7 Å². The molecule has 0 bridgehead atoms. The summed E-state index contributed by atoms with van der Waals surface area (Å²) in [6.07, 6.45) is 1.76. The van der Waals surface area contributed by atoms with Crippen LogP contribution >= 0.6 is 11.6 Å². The number of aryl methyl sites for hydroxylation is 1. The predicted molar refractivity (Wildman–Crippen MR) is 86.3 cm³/mol. The zero-order valence-corrected chi connectivity index (χ0v) is 13.9. The Labute approximate surface area is 131 Å². The highest BCUT2D eigenvalue weighted by atomic mass is 35.5. The molecular formula is C16H22ClN3O. The molecule has 0 saturated carbocycles. The van der Waals surface area contributed by atoms with Crippen LogP contribution in [0.4, 0.5) is 0 Å². The van der Waals surface area contributed by atoms with Gasteiger partial charge in [-0.05, 0) is 51.1 Å². The number of rotatable bonds is 5. The molecule has 1 aromatic heterocycles. The van der Waals surface area contributed by atoms with E-state index in [2.05, 4.69) is 30.3 Å². The van der Waals surface area contributed by atoms with Gasteiger partial charge in [0.1, 0.15) is 5.69 Å². The van der Waals surface area contributed by atoms with Gasteiger partial charge < -0.3 is 10.1 Å². The Kier molecular flexibility index (Phi) is 4.91. The van der Waals surface area contributed by atoms with Crippen molar-refractivity contribution in [2.45, 2.75) is 32.9 Å². The third-order valence-electron chi connectivity index (χ3n) is 3.47. The summed E-state index contributed by atoms with van der Waals surface area (Å²) >= 11 is 6.21. The van der Waals surface area contributed by atoms with E-state index in [4.69, 9.17) is 16.3 Å². The van der Waals surface area contributed by atoms with Crippen molar-refractivity contribution in [3.63, 3.8) is 0 Å². The van der Waals surface area contributed by atoms with Gasteiger partial charge in [-0.2, -0.15) is 5.10 Å². The van der Waals surface area contributed by atoms with E-state index in [0.717, 1.165) is 27.6 Å². The molecule has 0 aliphatic heterocycles. The molecule has 2 aromatic rings. The van der Waals surface area contributed by atoms with E-state index in [-0.39, 0.29) is 12.1 Å². The average molecular weight is 308 g/mol. The first-order valence-corrected chi connectivity index (χ1v) is 7.41. The predicted octanol–water partition coefficient (Wildman–Crippen LogP) is 3.74. The normalized spacial score (nSPS) is 12.7. The van der Waals surface area contributed by atoms with E-state index in [1.54, 1.807) is 13.3 Å². The summed E-state index contributed by atoms with van der Waals surface area (Å²) < 4.78 is 7.47. The van der Waals surface area contributed by atoms with Gasteiger partial charge in [-0.3, -0.25) is 4.68 Å². The molecule has 114 valence electrons. The molecule has 4 nitrogen and oxygen atoms in total. The van der Waals surface area contributed by atoms with Gasteiger partial charge >= 0.3 is 0 Å². The van der Waals surface area contributed by atoms with Gasteiger partial charge in [0.15, 0.2) is 5.75 Å². The van der Waals surface area contributed by atoms with Gasteiger partial charge in [-0.25, -0.2) is 0 Å². The number of methoxy groups -OCH3 is 1. The van der Waals surface area contributed by atoms with Crippen LogP contribution in [0.5, 0.6) is 5.75 Å². The highest BCUT2D eigenvalue weighted by Crippen LogP contribution is 2.33. The van der Waals surface area contributed by atoms with Crippen molar-refractivity contribution in [3.05, 3.63) is 46.2 Å². The van der Waals surface area contributed by atoms with Crippen LogP contribution in [-0.2, 0) is 0 Å². The monoisotopic (exact) mass is 307 g/mol. The number of hydrogen-bond donors (Lipinski definition) is 1. The molecule has 21 heavy (non-hydrogen) atoms. The van der Waals surface area contributed by atoms with Crippen LogP contribution in [0.15, 0.2) is 24.4 Å². The summed E-state index contributed by atoms with van der Waals surface area (Å²) in [6.45, 7) is 6.25. The second kappa shape index (κ2) is 6.50. The van der Waals surface area contributed by atoms with Crippen molar-refractivity contribution >= 4 is 11.6 Å². The summed E-state index contributed by atoms with van der Waals surface area (Å²) in [7, 11) is 3.60. The van der Waals surface area contributed by atoms with Crippen molar-refractivity contribution in [1.82, 2.24) is 15.1 Å². The highest BCUT2D eigenvalue weighted by molar-refractivity contribution is 6.30. The van der Waals surface area contributed by atoms with Gasteiger partial charge in [0, 0.05) is 11.1 Å². The maximum Gasteiger partial charge on any atom is 0.161 e. The Morgan fingerprint density at radius 3 is 2.52 bits per heavy atom. The van der Waals surface area contributed by atoms with Gasteiger partial charge in [0.2, 0.25) is 0 Å². The largest absolute Gasteiger partial charge is 0.493 e. The first-order chi connectivity index (χ1) is 9.97. The lowest BCUT2D eigenvalue weighted by Crippen LogP contribution is -2.23. The van der Waals surface area contributed by atoms with Crippen molar-refractivity contribution in [3.8, 4) is 5.75 Å². The second-order valence-electron chi connectivity index (χ2n) is 5.42. The van der Waals surface area contributed by atoms with Crippen LogP contribution in [0.1, 0.15) is 42.8 Å². The van der Waals surface area contributed by atoms with Gasteiger partial charge in [-0.15, -0.1) is 0 Å². The average Bonchev–Trinajstić information content (AvgIpc) is 2.82. The van der Waals surface area contributed by atoms with Crippen molar-refractivity contribution in [2.75, 3.05) is 14.2 Å². The third-order valence-corrected chi connectivity index (χ3v) is 3.69. The van der Waals surface area contributed by atoms with Crippen molar-refractivity contribution in [2.24, 2.45) is 0 Å². The molecule has 0 saturated heterocycles. The number of hydrogen-bond acceptors (Lipinski definition) is 3. The Hall–Kier alpha value is -1.52. The summed E-state index contributed by atoms with van der Waals surface area (Å²) in [5, 5.41) is 8.53. The number of aromatic nitrogens is 2. The quantitative estimate of drug-likeness (QED) is 0.914. The Morgan fingerprint density at radius 1 is 1.29 bits per heavy atom. The summed E-state index contributed by atoms with van der Waals surface area (Å²) in [4.78, 5) is 0. The van der Waals surface area contributed by atoms with Crippen molar-refractivity contribution in [1.29, 1.82) is 0 Å². The fraction of sp³-hybridized carbons (Fsp3) is 0.438. The smallest absolute Gasteiger partial charge is 0.161 e. The number of halogens is 1. The van der Waals surface area contributed by atoms with Crippen LogP contribution in [-0.4, -0.2) is 23.9 Å². The minimum absolute atomic E-state index is 0.0257.